The molecule has 0 aliphatic heterocycles. The van der Waals surface area contributed by atoms with Gasteiger partial charge >= 0.3 is 0 Å². The second-order valence-corrected chi connectivity index (χ2v) is 3.36. The average molecular weight is 295 g/mol. The van der Waals surface area contributed by atoms with Gasteiger partial charge in [0.1, 0.15) is 23.1 Å². The molecule has 0 bridgehead atoms. The van der Waals surface area contributed by atoms with E-state index < -0.39 is 12.1 Å². The molecule has 0 radical (unpaired) electrons. The molecule has 0 amide bonds. The van der Waals surface area contributed by atoms with Crippen molar-refractivity contribution in [2.45, 2.75) is 6.43 Å². The summed E-state index contributed by atoms with van der Waals surface area (Å²) in [5.41, 5.74) is 5.04. The number of nitriles is 1. The smallest absolute Gasteiger partial charge is 0.280 e. The first-order valence-electron chi connectivity index (χ1n) is 3.20. The van der Waals surface area contributed by atoms with E-state index in [1.54, 1.807) is 28.7 Å². The highest BCUT2D eigenvalue weighted by Crippen LogP contribution is 2.23. The Balaban J connectivity index is 3.30. The van der Waals surface area contributed by atoms with E-state index in [0.717, 1.165) is 6.07 Å². The number of halogens is 3. The van der Waals surface area contributed by atoms with Gasteiger partial charge in [0.2, 0.25) is 0 Å². The van der Waals surface area contributed by atoms with Gasteiger partial charge in [-0.25, -0.2) is 13.8 Å². The van der Waals surface area contributed by atoms with Crippen LogP contribution in [-0.2, 0) is 0 Å². The second kappa shape index (κ2) is 3.83. The first-order chi connectivity index (χ1) is 6.06. The molecule has 1 heterocycles. The first-order valence-corrected chi connectivity index (χ1v) is 4.28. The maximum absolute atomic E-state index is 12.2. The zero-order chi connectivity index (χ0) is 10.0. The molecule has 0 spiro atoms. The van der Waals surface area contributed by atoms with Gasteiger partial charge in [-0.15, -0.1) is 0 Å². The van der Waals surface area contributed by atoms with Crippen molar-refractivity contribution < 1.29 is 8.78 Å². The summed E-state index contributed by atoms with van der Waals surface area (Å²) in [6.07, 6.45) is -2.66. The minimum absolute atomic E-state index is 0.144. The highest BCUT2D eigenvalue weighted by Gasteiger charge is 2.14. The van der Waals surface area contributed by atoms with Crippen LogP contribution in [0.25, 0.3) is 0 Å². The summed E-state index contributed by atoms with van der Waals surface area (Å²) in [6.45, 7) is 0. The molecule has 1 rings (SSSR count). The predicted octanol–water partition coefficient (Wildman–Crippen LogP) is 2.08. The van der Waals surface area contributed by atoms with Crippen LogP contribution in [0.5, 0.6) is 0 Å². The summed E-state index contributed by atoms with van der Waals surface area (Å²) in [6, 6.07) is 2.94. The molecule has 2 N–H and O–H groups in total. The molecule has 0 aromatic carbocycles. The highest BCUT2D eigenvalue weighted by atomic mass is 127. The Morgan fingerprint density at radius 1 is 1.62 bits per heavy atom. The Hall–Kier alpha value is -0.970. The Labute approximate surface area is 86.7 Å². The zero-order valence-corrected chi connectivity index (χ0v) is 8.42. The molecule has 0 fully saturated rings. The molecular formula is C7H4F2IN3. The normalized spacial score (nSPS) is 10.1. The summed E-state index contributed by atoms with van der Waals surface area (Å²) in [5.74, 6) is -0.148. The van der Waals surface area contributed by atoms with E-state index in [0.29, 0.717) is 3.57 Å². The predicted molar refractivity (Wildman–Crippen MR) is 51.0 cm³/mol. The lowest BCUT2D eigenvalue weighted by molar-refractivity contribution is 0.146. The third kappa shape index (κ3) is 2.03. The van der Waals surface area contributed by atoms with Crippen LogP contribution in [0, 0.1) is 14.9 Å². The molecule has 6 heteroatoms. The van der Waals surface area contributed by atoms with Gasteiger partial charge in [0, 0.05) is 3.57 Å². The number of nitrogens with zero attached hydrogens (tertiary/aromatic N) is 2. The standard InChI is InChI=1S/C7H4F2IN3/c8-6(9)5-1-4(10)3(2-11)7(12)13-5/h1,6H,(H2,12,13). The Kier molecular flexibility index (Phi) is 2.98. The van der Waals surface area contributed by atoms with Gasteiger partial charge in [-0.3, -0.25) is 0 Å². The number of alkyl halides is 2. The fourth-order valence-electron chi connectivity index (χ4n) is 0.774. The number of hydrogen-bond acceptors (Lipinski definition) is 3. The van der Waals surface area contributed by atoms with Crippen molar-refractivity contribution in [1.29, 1.82) is 5.26 Å². The van der Waals surface area contributed by atoms with E-state index in [2.05, 4.69) is 4.98 Å². The van der Waals surface area contributed by atoms with Gasteiger partial charge in [0.25, 0.3) is 6.43 Å². The lowest BCUT2D eigenvalue weighted by atomic mass is 10.2. The van der Waals surface area contributed by atoms with Gasteiger partial charge < -0.3 is 5.73 Å². The summed E-state index contributed by atoms with van der Waals surface area (Å²) in [5, 5.41) is 8.57. The maximum atomic E-state index is 12.2. The van der Waals surface area contributed by atoms with E-state index in [4.69, 9.17) is 11.0 Å². The van der Waals surface area contributed by atoms with Gasteiger partial charge in [-0.05, 0) is 28.7 Å². The van der Waals surface area contributed by atoms with Crippen LogP contribution in [0.3, 0.4) is 0 Å². The molecular weight excluding hydrogens is 291 g/mol. The molecule has 13 heavy (non-hydrogen) atoms. The number of nitrogen functional groups attached to an aromatic ring is 1. The molecule has 0 unspecified atom stereocenters. The Morgan fingerprint density at radius 2 is 2.23 bits per heavy atom. The van der Waals surface area contributed by atoms with Crippen LogP contribution in [0.4, 0.5) is 14.6 Å². The molecule has 0 atom stereocenters. The van der Waals surface area contributed by atoms with Crippen molar-refractivity contribution in [3.63, 3.8) is 0 Å². The number of hydrogen-bond donors (Lipinski definition) is 1. The van der Waals surface area contributed by atoms with Crippen LogP contribution < -0.4 is 5.73 Å². The van der Waals surface area contributed by atoms with Crippen LogP contribution >= 0.6 is 22.6 Å². The Bertz CT molecular complexity index is 349. The van der Waals surface area contributed by atoms with Crippen molar-refractivity contribution >= 4 is 28.4 Å². The Morgan fingerprint density at radius 3 is 2.62 bits per heavy atom. The molecule has 0 aliphatic rings. The fraction of sp³-hybridized carbons (Fsp3) is 0.143. The molecule has 0 saturated heterocycles. The van der Waals surface area contributed by atoms with Crippen molar-refractivity contribution in [2.24, 2.45) is 0 Å². The van der Waals surface area contributed by atoms with Crippen LogP contribution in [0.15, 0.2) is 6.07 Å². The topological polar surface area (TPSA) is 62.7 Å². The van der Waals surface area contributed by atoms with E-state index in [9.17, 15) is 8.78 Å². The summed E-state index contributed by atoms with van der Waals surface area (Å²) in [7, 11) is 0. The highest BCUT2D eigenvalue weighted by molar-refractivity contribution is 14.1. The van der Waals surface area contributed by atoms with Crippen molar-refractivity contribution in [3.05, 3.63) is 20.9 Å². The van der Waals surface area contributed by atoms with Crippen molar-refractivity contribution in [2.75, 3.05) is 5.73 Å². The molecule has 68 valence electrons. The van der Waals surface area contributed by atoms with E-state index in [-0.39, 0.29) is 11.4 Å². The average Bonchev–Trinajstić information content (AvgIpc) is 2.03. The van der Waals surface area contributed by atoms with Crippen LogP contribution in [0.2, 0.25) is 0 Å². The first kappa shape index (κ1) is 10.1. The van der Waals surface area contributed by atoms with Crippen molar-refractivity contribution in [1.82, 2.24) is 4.98 Å². The minimum atomic E-state index is -2.66. The van der Waals surface area contributed by atoms with Gasteiger partial charge in [0.05, 0.1) is 0 Å². The maximum Gasteiger partial charge on any atom is 0.280 e. The number of pyridine rings is 1. The quantitative estimate of drug-likeness (QED) is 0.807. The largest absolute Gasteiger partial charge is 0.383 e. The third-order valence-electron chi connectivity index (χ3n) is 1.35. The van der Waals surface area contributed by atoms with Crippen molar-refractivity contribution in [3.8, 4) is 6.07 Å². The molecule has 0 aliphatic carbocycles. The number of rotatable bonds is 1. The molecule has 1 aromatic heterocycles. The monoisotopic (exact) mass is 295 g/mol. The van der Waals surface area contributed by atoms with E-state index in [1.165, 1.54) is 0 Å². The molecule has 0 saturated carbocycles. The number of anilines is 1. The SMILES string of the molecule is N#Cc1c(I)cc(C(F)F)nc1N. The van der Waals surface area contributed by atoms with Gasteiger partial charge in [-0.2, -0.15) is 5.26 Å². The van der Waals surface area contributed by atoms with Crippen LogP contribution in [-0.4, -0.2) is 4.98 Å². The summed E-state index contributed by atoms with van der Waals surface area (Å²) < 4.78 is 24.7. The minimum Gasteiger partial charge on any atom is -0.383 e. The lowest BCUT2D eigenvalue weighted by Crippen LogP contribution is -2.01. The summed E-state index contributed by atoms with van der Waals surface area (Å²) in [4.78, 5) is 3.40. The number of aromatic nitrogens is 1. The van der Waals surface area contributed by atoms with Crippen LogP contribution in [0.1, 0.15) is 17.7 Å². The fourth-order valence-corrected chi connectivity index (χ4v) is 1.49. The second-order valence-electron chi connectivity index (χ2n) is 2.20. The molecule has 1 aromatic rings. The lowest BCUT2D eigenvalue weighted by Gasteiger charge is -2.03. The van der Waals surface area contributed by atoms with Gasteiger partial charge in [-0.1, -0.05) is 0 Å². The van der Waals surface area contributed by atoms with E-state index in [1.807, 2.05) is 0 Å². The summed E-state index contributed by atoms with van der Waals surface area (Å²) >= 11 is 1.77. The zero-order valence-electron chi connectivity index (χ0n) is 6.26. The van der Waals surface area contributed by atoms with Gasteiger partial charge in [0.15, 0.2) is 0 Å². The number of nitrogens with two attached hydrogens (primary N) is 1. The van der Waals surface area contributed by atoms with E-state index >= 15 is 0 Å². The third-order valence-corrected chi connectivity index (χ3v) is 2.21. The molecule has 3 nitrogen and oxygen atoms in total.